The second kappa shape index (κ2) is 7.31. The van der Waals surface area contributed by atoms with Gasteiger partial charge in [0.15, 0.2) is 5.65 Å². The van der Waals surface area contributed by atoms with E-state index in [2.05, 4.69) is 25.4 Å². The van der Waals surface area contributed by atoms with E-state index in [1.807, 2.05) is 0 Å². The van der Waals surface area contributed by atoms with E-state index in [1.54, 1.807) is 37.3 Å². The maximum atomic E-state index is 13.2. The van der Waals surface area contributed by atoms with Crippen molar-refractivity contribution >= 4 is 22.6 Å². The molecule has 10 heteroatoms. The molecule has 0 bridgehead atoms. The number of pyridine rings is 1. The van der Waals surface area contributed by atoms with E-state index in [4.69, 9.17) is 4.52 Å². The number of aromatic nitrogens is 5. The molecule has 1 aromatic carbocycles. The number of H-pyrrole nitrogens is 1. The Bertz CT molecular complexity index is 1420. The van der Waals surface area contributed by atoms with E-state index >= 15 is 0 Å². The van der Waals surface area contributed by atoms with Gasteiger partial charge in [0.05, 0.1) is 10.9 Å². The Labute approximate surface area is 174 Å². The summed E-state index contributed by atoms with van der Waals surface area (Å²) in [5.41, 5.74) is 1.12. The molecule has 3 aromatic heterocycles. The SMILES string of the molecule is CCn1c(=O)[nH]c(=O)c2c(C(=O)Nc3cccc(-c4ncon4)c3)cc(C3CC3)nc21. The fourth-order valence-corrected chi connectivity index (χ4v) is 3.59. The molecule has 156 valence electrons. The minimum atomic E-state index is -0.634. The molecule has 2 N–H and O–H groups in total. The van der Waals surface area contributed by atoms with Gasteiger partial charge in [-0.05, 0) is 38.0 Å². The quantitative estimate of drug-likeness (QED) is 0.507. The van der Waals surface area contributed by atoms with Crippen molar-refractivity contribution in [2.45, 2.75) is 32.2 Å². The Kier molecular flexibility index (Phi) is 4.46. The standard InChI is InChI=1S/C21H18N6O4/c1-2-27-18-16(20(29)25-21(27)30)14(9-15(24-18)11-6-7-11)19(28)23-13-5-3-4-12(8-13)17-22-10-31-26-17/h3-5,8-11H,2,6-7H2,1H3,(H,23,28)(H,25,29,30). The third-order valence-corrected chi connectivity index (χ3v) is 5.26. The number of hydrogen-bond acceptors (Lipinski definition) is 7. The number of anilines is 1. The highest BCUT2D eigenvalue weighted by molar-refractivity contribution is 6.12. The molecule has 0 atom stereocenters. The van der Waals surface area contributed by atoms with Crippen molar-refractivity contribution in [3.8, 4) is 11.4 Å². The van der Waals surface area contributed by atoms with Gasteiger partial charge in [0, 0.05) is 29.4 Å². The summed E-state index contributed by atoms with van der Waals surface area (Å²) in [5.74, 6) is 0.161. The van der Waals surface area contributed by atoms with Gasteiger partial charge in [0.1, 0.15) is 0 Å². The molecule has 5 rings (SSSR count). The first-order chi connectivity index (χ1) is 15.0. The monoisotopic (exact) mass is 418 g/mol. The average molecular weight is 418 g/mol. The van der Waals surface area contributed by atoms with Crippen LogP contribution < -0.4 is 16.6 Å². The van der Waals surface area contributed by atoms with Crippen molar-refractivity contribution in [3.63, 3.8) is 0 Å². The average Bonchev–Trinajstić information content (AvgIpc) is 3.47. The number of hydrogen-bond donors (Lipinski definition) is 2. The van der Waals surface area contributed by atoms with Crippen molar-refractivity contribution in [1.82, 2.24) is 24.7 Å². The summed E-state index contributed by atoms with van der Waals surface area (Å²) in [5, 5.41) is 6.72. The highest BCUT2D eigenvalue weighted by Crippen LogP contribution is 2.40. The second-order valence-corrected chi connectivity index (χ2v) is 7.36. The van der Waals surface area contributed by atoms with Crippen molar-refractivity contribution in [1.29, 1.82) is 0 Å². The first kappa shape index (κ1) is 18.9. The van der Waals surface area contributed by atoms with Gasteiger partial charge in [-0.2, -0.15) is 4.98 Å². The predicted octanol–water partition coefficient (Wildman–Crippen LogP) is 2.28. The van der Waals surface area contributed by atoms with E-state index < -0.39 is 17.2 Å². The van der Waals surface area contributed by atoms with E-state index in [9.17, 15) is 14.4 Å². The van der Waals surface area contributed by atoms with Crippen LogP contribution in [-0.2, 0) is 6.54 Å². The maximum Gasteiger partial charge on any atom is 0.329 e. The highest BCUT2D eigenvalue weighted by Gasteiger charge is 2.28. The summed E-state index contributed by atoms with van der Waals surface area (Å²) in [6.45, 7) is 2.11. The number of aryl methyl sites for hydroxylation is 1. The summed E-state index contributed by atoms with van der Waals surface area (Å²) in [7, 11) is 0. The molecule has 10 nitrogen and oxygen atoms in total. The predicted molar refractivity (Wildman–Crippen MR) is 112 cm³/mol. The molecule has 0 spiro atoms. The fourth-order valence-electron chi connectivity index (χ4n) is 3.59. The zero-order valence-electron chi connectivity index (χ0n) is 16.6. The first-order valence-corrected chi connectivity index (χ1v) is 9.91. The van der Waals surface area contributed by atoms with Crippen LogP contribution >= 0.6 is 0 Å². The summed E-state index contributed by atoms with van der Waals surface area (Å²) in [6, 6.07) is 8.62. The Morgan fingerprint density at radius 2 is 2.13 bits per heavy atom. The minimum absolute atomic E-state index is 0.0951. The lowest BCUT2D eigenvalue weighted by Crippen LogP contribution is -2.32. The number of aromatic amines is 1. The van der Waals surface area contributed by atoms with Crippen molar-refractivity contribution in [2.24, 2.45) is 0 Å². The molecule has 1 amide bonds. The molecule has 4 aromatic rings. The number of carbonyl (C=O) groups is 1. The van der Waals surface area contributed by atoms with Crippen LogP contribution in [0.2, 0.25) is 0 Å². The number of amides is 1. The van der Waals surface area contributed by atoms with E-state index in [0.29, 0.717) is 29.3 Å². The number of nitrogens with one attached hydrogen (secondary N) is 2. The van der Waals surface area contributed by atoms with Crippen LogP contribution in [0.4, 0.5) is 5.69 Å². The molecule has 3 heterocycles. The van der Waals surface area contributed by atoms with Crippen molar-refractivity contribution < 1.29 is 9.32 Å². The smallest absolute Gasteiger partial charge is 0.329 e. The van der Waals surface area contributed by atoms with Gasteiger partial charge >= 0.3 is 5.69 Å². The molecule has 1 fully saturated rings. The maximum absolute atomic E-state index is 13.2. The number of benzene rings is 1. The zero-order valence-corrected chi connectivity index (χ0v) is 16.6. The van der Waals surface area contributed by atoms with E-state index in [-0.39, 0.29) is 22.5 Å². The normalized spacial score (nSPS) is 13.5. The second-order valence-electron chi connectivity index (χ2n) is 7.36. The Morgan fingerprint density at radius 3 is 2.84 bits per heavy atom. The summed E-state index contributed by atoms with van der Waals surface area (Å²) in [4.78, 5) is 49.0. The molecule has 0 unspecified atom stereocenters. The molecule has 0 aliphatic heterocycles. The lowest BCUT2D eigenvalue weighted by atomic mass is 10.1. The van der Waals surface area contributed by atoms with Gasteiger partial charge in [-0.1, -0.05) is 17.3 Å². The fraction of sp³-hybridized carbons (Fsp3) is 0.238. The lowest BCUT2D eigenvalue weighted by molar-refractivity contribution is 0.102. The lowest BCUT2D eigenvalue weighted by Gasteiger charge is -2.13. The van der Waals surface area contributed by atoms with Gasteiger partial charge in [-0.3, -0.25) is 19.1 Å². The number of rotatable bonds is 5. The van der Waals surface area contributed by atoms with Crippen molar-refractivity contribution in [2.75, 3.05) is 5.32 Å². The van der Waals surface area contributed by atoms with Gasteiger partial charge < -0.3 is 9.84 Å². The summed E-state index contributed by atoms with van der Waals surface area (Å²) >= 11 is 0. The molecular formula is C21H18N6O4. The molecule has 0 saturated heterocycles. The van der Waals surface area contributed by atoms with Gasteiger partial charge in [-0.15, -0.1) is 0 Å². The molecule has 0 radical (unpaired) electrons. The van der Waals surface area contributed by atoms with Crippen LogP contribution in [0.5, 0.6) is 0 Å². The molecule has 1 saturated carbocycles. The minimum Gasteiger partial charge on any atom is -0.342 e. The van der Waals surface area contributed by atoms with Crippen LogP contribution in [0.15, 0.2) is 50.8 Å². The Hall–Kier alpha value is -4.08. The topological polar surface area (TPSA) is 136 Å². The Morgan fingerprint density at radius 1 is 1.29 bits per heavy atom. The molecule has 1 aliphatic rings. The van der Waals surface area contributed by atoms with Crippen LogP contribution in [-0.4, -0.2) is 30.6 Å². The third-order valence-electron chi connectivity index (χ3n) is 5.26. The van der Waals surface area contributed by atoms with E-state index in [0.717, 1.165) is 12.8 Å². The van der Waals surface area contributed by atoms with E-state index in [1.165, 1.54) is 11.0 Å². The molecule has 31 heavy (non-hydrogen) atoms. The number of nitrogens with zero attached hydrogens (tertiary/aromatic N) is 4. The van der Waals surface area contributed by atoms with Crippen LogP contribution in [0.3, 0.4) is 0 Å². The third kappa shape index (κ3) is 3.41. The van der Waals surface area contributed by atoms with Crippen LogP contribution in [0.1, 0.15) is 41.7 Å². The summed E-state index contributed by atoms with van der Waals surface area (Å²) in [6.07, 6.45) is 3.15. The zero-order chi connectivity index (χ0) is 21.5. The van der Waals surface area contributed by atoms with Crippen LogP contribution in [0, 0.1) is 0 Å². The molecule has 1 aliphatic carbocycles. The first-order valence-electron chi connectivity index (χ1n) is 9.91. The van der Waals surface area contributed by atoms with Crippen LogP contribution in [0.25, 0.3) is 22.4 Å². The van der Waals surface area contributed by atoms with Crippen molar-refractivity contribution in [3.05, 3.63) is 68.8 Å². The Balaban J connectivity index is 1.61. The number of carbonyl (C=O) groups excluding carboxylic acids is 1. The summed E-state index contributed by atoms with van der Waals surface area (Å²) < 4.78 is 6.14. The van der Waals surface area contributed by atoms with Gasteiger partial charge in [0.25, 0.3) is 11.5 Å². The highest BCUT2D eigenvalue weighted by atomic mass is 16.5. The molecular weight excluding hydrogens is 400 g/mol. The van der Waals surface area contributed by atoms with Gasteiger partial charge in [0.2, 0.25) is 12.2 Å². The number of fused-ring (bicyclic) bond motifs is 1. The largest absolute Gasteiger partial charge is 0.342 e. The van der Waals surface area contributed by atoms with Gasteiger partial charge in [-0.25, -0.2) is 9.78 Å².